The Kier molecular flexibility index (Phi) is 6.14. The summed E-state index contributed by atoms with van der Waals surface area (Å²) in [5.74, 6) is 0.532. The molecular weight excluding hydrogens is 462 g/mol. The van der Waals surface area contributed by atoms with Crippen LogP contribution in [0.1, 0.15) is 37.4 Å². The van der Waals surface area contributed by atoms with Crippen molar-refractivity contribution in [1.82, 2.24) is 9.99 Å². The van der Waals surface area contributed by atoms with Gasteiger partial charge in [-0.25, -0.2) is 5.01 Å². The van der Waals surface area contributed by atoms with E-state index >= 15 is 0 Å². The molecule has 6 nitrogen and oxygen atoms in total. The third-order valence-electron chi connectivity index (χ3n) is 6.13. The smallest absolute Gasteiger partial charge is 0.258 e. The largest absolute Gasteiger partial charge is 0.494 e. The molecule has 5 rings (SSSR count). The Hall–Kier alpha value is -3.90. The fourth-order valence-corrected chi connectivity index (χ4v) is 4.75. The zero-order chi connectivity index (χ0) is 24.5. The van der Waals surface area contributed by atoms with Gasteiger partial charge in [0.15, 0.2) is 0 Å². The molecular formula is C28H24ClN3O3. The molecule has 176 valence electrons. The van der Waals surface area contributed by atoms with Crippen LogP contribution in [-0.4, -0.2) is 28.2 Å². The molecule has 1 aromatic heterocycles. The third kappa shape index (κ3) is 4.33. The zero-order valence-corrected chi connectivity index (χ0v) is 20.2. The number of carbonyl (C=O) groups excluding carboxylic acids is 1. The quantitative estimate of drug-likeness (QED) is 0.380. The van der Waals surface area contributed by atoms with Gasteiger partial charge in [0.1, 0.15) is 5.75 Å². The van der Waals surface area contributed by atoms with Crippen molar-refractivity contribution >= 4 is 34.1 Å². The first-order chi connectivity index (χ1) is 17.0. The molecule has 1 aliphatic rings. The molecule has 7 heteroatoms. The number of pyridine rings is 1. The third-order valence-corrected chi connectivity index (χ3v) is 6.38. The molecule has 1 amide bonds. The Morgan fingerprint density at radius 3 is 2.60 bits per heavy atom. The molecule has 4 aromatic rings. The number of hydrazone groups is 1. The lowest BCUT2D eigenvalue weighted by Crippen LogP contribution is -2.24. The van der Waals surface area contributed by atoms with Crippen molar-refractivity contribution in [3.63, 3.8) is 0 Å². The van der Waals surface area contributed by atoms with Crippen molar-refractivity contribution in [1.29, 1.82) is 0 Å². The number of H-pyrrole nitrogens is 1. The van der Waals surface area contributed by atoms with Gasteiger partial charge in [0.2, 0.25) is 5.91 Å². The van der Waals surface area contributed by atoms with Crippen LogP contribution < -0.4 is 10.3 Å². The molecule has 1 N–H and O–H groups in total. The highest BCUT2D eigenvalue weighted by Crippen LogP contribution is 2.37. The first-order valence-corrected chi connectivity index (χ1v) is 11.9. The summed E-state index contributed by atoms with van der Waals surface area (Å²) in [6.07, 6.45) is 0.400. The van der Waals surface area contributed by atoms with E-state index < -0.39 is 0 Å². The van der Waals surface area contributed by atoms with E-state index in [1.54, 1.807) is 12.1 Å². The molecule has 35 heavy (non-hydrogen) atoms. The topological polar surface area (TPSA) is 74.8 Å². The number of amides is 1. The maximum atomic E-state index is 13.5. The van der Waals surface area contributed by atoms with Crippen LogP contribution in [0.2, 0.25) is 5.02 Å². The number of hydrogen-bond acceptors (Lipinski definition) is 4. The van der Waals surface area contributed by atoms with Crippen LogP contribution in [0, 0.1) is 0 Å². The van der Waals surface area contributed by atoms with E-state index in [2.05, 4.69) is 10.1 Å². The highest BCUT2D eigenvalue weighted by molar-refractivity contribution is 6.30. The van der Waals surface area contributed by atoms with Gasteiger partial charge in [-0.1, -0.05) is 54.1 Å². The number of aromatic amines is 1. The van der Waals surface area contributed by atoms with Gasteiger partial charge in [0, 0.05) is 34.8 Å². The van der Waals surface area contributed by atoms with E-state index in [0.29, 0.717) is 29.3 Å². The number of nitrogens with one attached hydrogen (secondary N) is 1. The number of aromatic nitrogens is 1. The first kappa shape index (κ1) is 22.9. The Bertz CT molecular complexity index is 1510. The highest BCUT2D eigenvalue weighted by Gasteiger charge is 2.34. The Balaban J connectivity index is 1.68. The van der Waals surface area contributed by atoms with Gasteiger partial charge in [-0.2, -0.15) is 5.10 Å². The molecule has 2 heterocycles. The summed E-state index contributed by atoms with van der Waals surface area (Å²) < 4.78 is 5.66. The number of benzene rings is 3. The molecule has 0 unspecified atom stereocenters. The van der Waals surface area contributed by atoms with Crippen molar-refractivity contribution in [3.05, 3.63) is 99.3 Å². The first-order valence-electron chi connectivity index (χ1n) is 11.5. The minimum absolute atomic E-state index is 0.197. The van der Waals surface area contributed by atoms with Crippen LogP contribution in [0.5, 0.6) is 5.75 Å². The lowest BCUT2D eigenvalue weighted by atomic mass is 9.91. The summed E-state index contributed by atoms with van der Waals surface area (Å²) in [5.41, 5.74) is 4.02. The van der Waals surface area contributed by atoms with Gasteiger partial charge in [-0.3, -0.25) is 9.59 Å². The van der Waals surface area contributed by atoms with Crippen LogP contribution in [0.15, 0.2) is 82.7 Å². The highest BCUT2D eigenvalue weighted by atomic mass is 35.5. The SMILES string of the molecule is CCOc1cccc([C@@H]2CC(c3c(-c4ccc(Cl)cc4)c4ccccc4[nH]c3=O)=NN2C(C)=O)c1. The normalized spacial score (nSPS) is 15.3. The van der Waals surface area contributed by atoms with Gasteiger partial charge in [0.25, 0.3) is 5.56 Å². The average molecular weight is 486 g/mol. The van der Waals surface area contributed by atoms with Crippen LogP contribution >= 0.6 is 11.6 Å². The maximum absolute atomic E-state index is 13.5. The fourth-order valence-electron chi connectivity index (χ4n) is 4.62. The fraction of sp³-hybridized carbons (Fsp3) is 0.179. The number of ether oxygens (including phenoxy) is 1. The zero-order valence-electron chi connectivity index (χ0n) is 19.4. The van der Waals surface area contributed by atoms with Crippen molar-refractivity contribution < 1.29 is 9.53 Å². The number of rotatable bonds is 5. The van der Waals surface area contributed by atoms with Gasteiger partial charge in [-0.05, 0) is 48.4 Å². The minimum Gasteiger partial charge on any atom is -0.494 e. The molecule has 1 aliphatic heterocycles. The average Bonchev–Trinajstić information content (AvgIpc) is 3.30. The molecule has 0 aliphatic carbocycles. The van der Waals surface area contributed by atoms with Crippen LogP contribution in [-0.2, 0) is 4.79 Å². The van der Waals surface area contributed by atoms with Crippen LogP contribution in [0.4, 0.5) is 0 Å². The summed E-state index contributed by atoms with van der Waals surface area (Å²) in [6.45, 7) is 3.95. The lowest BCUT2D eigenvalue weighted by Gasteiger charge is -2.21. The molecule has 0 fully saturated rings. The second kappa shape index (κ2) is 9.39. The second-order valence-corrected chi connectivity index (χ2v) is 8.83. The molecule has 3 aromatic carbocycles. The van der Waals surface area contributed by atoms with E-state index in [1.807, 2.05) is 67.6 Å². The second-order valence-electron chi connectivity index (χ2n) is 8.39. The predicted octanol–water partition coefficient (Wildman–Crippen LogP) is 5.94. The Morgan fingerprint density at radius 2 is 1.86 bits per heavy atom. The van der Waals surface area contributed by atoms with E-state index in [9.17, 15) is 9.59 Å². The van der Waals surface area contributed by atoms with E-state index in [1.165, 1.54) is 11.9 Å². The molecule has 0 radical (unpaired) electrons. The predicted molar refractivity (Wildman–Crippen MR) is 139 cm³/mol. The van der Waals surface area contributed by atoms with Crippen molar-refractivity contribution in [2.45, 2.75) is 26.3 Å². The van der Waals surface area contributed by atoms with Crippen molar-refractivity contribution in [3.8, 4) is 16.9 Å². The summed E-state index contributed by atoms with van der Waals surface area (Å²) >= 11 is 6.15. The number of para-hydroxylation sites is 1. The van der Waals surface area contributed by atoms with Gasteiger partial charge < -0.3 is 9.72 Å². The number of hydrogen-bond donors (Lipinski definition) is 1. The van der Waals surface area contributed by atoms with Crippen molar-refractivity contribution in [2.75, 3.05) is 6.61 Å². The van der Waals surface area contributed by atoms with Crippen LogP contribution in [0.3, 0.4) is 0 Å². The van der Waals surface area contributed by atoms with E-state index in [-0.39, 0.29) is 17.5 Å². The monoisotopic (exact) mass is 485 g/mol. The molecule has 0 bridgehead atoms. The maximum Gasteiger partial charge on any atom is 0.258 e. The van der Waals surface area contributed by atoms with Crippen LogP contribution in [0.25, 0.3) is 22.0 Å². The molecule has 0 saturated heterocycles. The standard InChI is InChI=1S/C28H24ClN3O3/c1-3-35-21-8-6-7-19(15-21)25-16-24(31-32(25)17(2)33)27-26(18-11-13-20(29)14-12-18)22-9-4-5-10-23(22)30-28(27)34/h4-15,25H,3,16H2,1-2H3,(H,30,34)/t25-/m0/s1. The van der Waals surface area contributed by atoms with E-state index in [0.717, 1.165) is 33.3 Å². The van der Waals surface area contributed by atoms with Gasteiger partial charge >= 0.3 is 0 Å². The number of halogens is 1. The number of fused-ring (bicyclic) bond motifs is 1. The minimum atomic E-state index is -0.341. The molecule has 1 atom stereocenters. The lowest BCUT2D eigenvalue weighted by molar-refractivity contribution is -0.130. The number of nitrogens with zero attached hydrogens (tertiary/aromatic N) is 2. The summed E-state index contributed by atoms with van der Waals surface area (Å²) in [4.78, 5) is 29.0. The summed E-state index contributed by atoms with van der Waals surface area (Å²) in [5, 5.41) is 7.64. The number of carbonyl (C=O) groups is 1. The summed E-state index contributed by atoms with van der Waals surface area (Å²) in [6, 6.07) is 22.4. The Labute approximate surface area is 207 Å². The molecule has 0 saturated carbocycles. The molecule has 0 spiro atoms. The van der Waals surface area contributed by atoms with Gasteiger partial charge in [-0.15, -0.1) is 0 Å². The summed E-state index contributed by atoms with van der Waals surface area (Å²) in [7, 11) is 0. The van der Waals surface area contributed by atoms with Gasteiger partial charge in [0.05, 0.1) is 23.9 Å². The van der Waals surface area contributed by atoms with E-state index in [4.69, 9.17) is 16.3 Å². The Morgan fingerprint density at radius 1 is 1.09 bits per heavy atom. The van der Waals surface area contributed by atoms with Crippen molar-refractivity contribution in [2.24, 2.45) is 5.10 Å².